The third kappa shape index (κ3) is 3.38. The van der Waals surface area contributed by atoms with E-state index in [0.29, 0.717) is 22.4 Å². The number of fused-ring (bicyclic) bond motifs is 1. The van der Waals surface area contributed by atoms with Crippen LogP contribution in [0, 0.1) is 13.8 Å². The minimum absolute atomic E-state index is 0.120. The summed E-state index contributed by atoms with van der Waals surface area (Å²) in [6, 6.07) is 4.00. The number of anilines is 1. The van der Waals surface area contributed by atoms with Gasteiger partial charge in [0, 0.05) is 12.5 Å². The van der Waals surface area contributed by atoms with Crippen LogP contribution in [-0.2, 0) is 22.6 Å². The number of carbonyl (C=O) groups excluding carboxylic acids is 1. The summed E-state index contributed by atoms with van der Waals surface area (Å²) in [6.45, 7) is 4.34. The Morgan fingerprint density at radius 3 is 2.96 bits per heavy atom. The quantitative estimate of drug-likeness (QED) is 0.772. The third-order valence-corrected chi connectivity index (χ3v) is 4.10. The molecule has 0 saturated carbocycles. The van der Waals surface area contributed by atoms with Crippen molar-refractivity contribution in [2.45, 2.75) is 26.9 Å². The van der Waals surface area contributed by atoms with Crippen molar-refractivity contribution in [3.8, 4) is 0 Å². The highest BCUT2D eigenvalue weighted by molar-refractivity contribution is 7.15. The first-order valence-corrected chi connectivity index (χ1v) is 7.85. The van der Waals surface area contributed by atoms with Gasteiger partial charge in [0.05, 0.1) is 6.42 Å². The largest absolute Gasteiger partial charge is 0.377 e. The van der Waals surface area contributed by atoms with Gasteiger partial charge in [-0.15, -0.1) is 10.2 Å². The molecule has 8 heteroatoms. The fourth-order valence-corrected chi connectivity index (χ4v) is 3.10. The van der Waals surface area contributed by atoms with Crippen molar-refractivity contribution in [3.05, 3.63) is 34.0 Å². The molecule has 0 unspecified atom stereocenters. The summed E-state index contributed by atoms with van der Waals surface area (Å²) in [4.78, 5) is 12.2. The summed E-state index contributed by atoms with van der Waals surface area (Å²) in [6.07, 6.45) is 0.120. The highest BCUT2D eigenvalue weighted by Gasteiger charge is 2.15. The molecule has 1 amide bonds. The van der Waals surface area contributed by atoms with E-state index in [1.165, 1.54) is 11.3 Å². The van der Waals surface area contributed by atoms with Gasteiger partial charge in [-0.25, -0.2) is 0 Å². The monoisotopic (exact) mass is 332 g/mol. The van der Waals surface area contributed by atoms with Crippen molar-refractivity contribution >= 4 is 33.3 Å². The van der Waals surface area contributed by atoms with Crippen LogP contribution >= 0.6 is 11.3 Å². The van der Waals surface area contributed by atoms with Crippen LogP contribution in [0.25, 0.3) is 11.0 Å². The van der Waals surface area contributed by atoms with Crippen LogP contribution in [0.1, 0.15) is 21.8 Å². The molecule has 0 saturated heterocycles. The summed E-state index contributed by atoms with van der Waals surface area (Å²) in [7, 11) is 1.58. The molecular formula is C15H16N4O3S. The van der Waals surface area contributed by atoms with E-state index in [4.69, 9.17) is 9.26 Å². The fourth-order valence-electron chi connectivity index (χ4n) is 2.37. The molecule has 120 valence electrons. The zero-order chi connectivity index (χ0) is 16.4. The average molecular weight is 332 g/mol. The Morgan fingerprint density at radius 1 is 1.35 bits per heavy atom. The molecule has 0 atom stereocenters. The summed E-state index contributed by atoms with van der Waals surface area (Å²) in [5.41, 5.74) is 3.45. The molecule has 1 aromatic carbocycles. The topological polar surface area (TPSA) is 90.1 Å². The fraction of sp³-hybridized carbons (Fsp3) is 0.333. The van der Waals surface area contributed by atoms with Crippen molar-refractivity contribution in [1.29, 1.82) is 0 Å². The molecule has 3 aromatic rings. The minimum Gasteiger partial charge on any atom is -0.377 e. The van der Waals surface area contributed by atoms with Gasteiger partial charge in [-0.2, -0.15) is 0 Å². The number of nitrogens with zero attached hydrogens (tertiary/aromatic N) is 3. The normalized spacial score (nSPS) is 11.1. The van der Waals surface area contributed by atoms with Crippen molar-refractivity contribution in [2.75, 3.05) is 12.4 Å². The second-order valence-electron chi connectivity index (χ2n) is 5.25. The van der Waals surface area contributed by atoms with Gasteiger partial charge in [-0.05, 0) is 31.0 Å². The van der Waals surface area contributed by atoms with Crippen LogP contribution in [0.3, 0.4) is 0 Å². The van der Waals surface area contributed by atoms with Crippen LogP contribution in [0.5, 0.6) is 0 Å². The lowest BCUT2D eigenvalue weighted by molar-refractivity contribution is -0.115. The first-order valence-electron chi connectivity index (χ1n) is 7.03. The lowest BCUT2D eigenvalue weighted by Gasteiger charge is -2.00. The highest BCUT2D eigenvalue weighted by atomic mass is 32.1. The van der Waals surface area contributed by atoms with Crippen molar-refractivity contribution in [2.24, 2.45) is 0 Å². The lowest BCUT2D eigenvalue weighted by Crippen LogP contribution is -2.14. The zero-order valence-corrected chi connectivity index (χ0v) is 13.9. The number of benzene rings is 1. The Balaban J connectivity index is 1.75. The zero-order valence-electron chi connectivity index (χ0n) is 13.0. The third-order valence-electron chi connectivity index (χ3n) is 3.29. The van der Waals surface area contributed by atoms with Crippen molar-refractivity contribution < 1.29 is 14.1 Å². The second kappa shape index (κ2) is 6.43. The van der Waals surface area contributed by atoms with E-state index in [1.807, 2.05) is 26.0 Å². The summed E-state index contributed by atoms with van der Waals surface area (Å²) in [5.74, 6) is -0.209. The molecule has 2 aromatic heterocycles. The first kappa shape index (κ1) is 15.6. The Labute approximate surface area is 136 Å². The molecule has 0 fully saturated rings. The molecule has 23 heavy (non-hydrogen) atoms. The van der Waals surface area contributed by atoms with E-state index in [9.17, 15) is 4.79 Å². The number of nitrogens with one attached hydrogen (secondary N) is 1. The molecule has 0 aliphatic rings. The SMILES string of the molecule is COCc1nnc(NC(=O)Cc2noc3c(C)cc(C)cc23)s1. The number of ether oxygens (including phenoxy) is 1. The summed E-state index contributed by atoms with van der Waals surface area (Å²) >= 11 is 1.28. The minimum atomic E-state index is -0.209. The van der Waals surface area contributed by atoms with Crippen molar-refractivity contribution in [1.82, 2.24) is 15.4 Å². The number of carbonyl (C=O) groups is 1. The number of aromatic nitrogens is 3. The highest BCUT2D eigenvalue weighted by Crippen LogP contribution is 2.24. The second-order valence-corrected chi connectivity index (χ2v) is 6.31. The van der Waals surface area contributed by atoms with E-state index in [0.717, 1.165) is 22.1 Å². The van der Waals surface area contributed by atoms with Crippen LogP contribution in [0.2, 0.25) is 0 Å². The van der Waals surface area contributed by atoms with Gasteiger partial charge in [0.25, 0.3) is 0 Å². The number of rotatable bonds is 5. The van der Waals surface area contributed by atoms with E-state index in [2.05, 4.69) is 20.7 Å². The predicted octanol–water partition coefficient (Wildman–Crippen LogP) is 2.62. The molecular weight excluding hydrogens is 316 g/mol. The Bertz CT molecular complexity index is 856. The van der Waals surface area contributed by atoms with Crippen molar-refractivity contribution in [3.63, 3.8) is 0 Å². The van der Waals surface area contributed by atoms with Gasteiger partial charge < -0.3 is 14.6 Å². The molecule has 0 bridgehead atoms. The molecule has 7 nitrogen and oxygen atoms in total. The number of hydrogen-bond donors (Lipinski definition) is 1. The van der Waals surface area contributed by atoms with Gasteiger partial charge in [-0.3, -0.25) is 4.79 Å². The van der Waals surface area contributed by atoms with Crippen LogP contribution in [0.4, 0.5) is 5.13 Å². The van der Waals surface area contributed by atoms with Gasteiger partial charge in [0.1, 0.15) is 17.3 Å². The van der Waals surface area contributed by atoms with Gasteiger partial charge >= 0.3 is 0 Å². The maximum absolute atomic E-state index is 12.2. The van der Waals surface area contributed by atoms with E-state index in [1.54, 1.807) is 7.11 Å². The molecule has 0 spiro atoms. The average Bonchev–Trinajstić information content (AvgIpc) is 3.07. The van der Waals surface area contributed by atoms with Gasteiger partial charge in [0.2, 0.25) is 11.0 Å². The van der Waals surface area contributed by atoms with Crippen LogP contribution in [-0.4, -0.2) is 28.4 Å². The number of methoxy groups -OCH3 is 1. The molecule has 2 heterocycles. The Kier molecular flexibility index (Phi) is 4.35. The lowest BCUT2D eigenvalue weighted by atomic mass is 10.1. The van der Waals surface area contributed by atoms with E-state index >= 15 is 0 Å². The van der Waals surface area contributed by atoms with Crippen LogP contribution in [0.15, 0.2) is 16.7 Å². The predicted molar refractivity (Wildman–Crippen MR) is 86.4 cm³/mol. The van der Waals surface area contributed by atoms with Gasteiger partial charge in [-0.1, -0.05) is 22.6 Å². The molecule has 3 rings (SSSR count). The molecule has 1 N–H and O–H groups in total. The number of amides is 1. The Hall–Kier alpha value is -2.32. The van der Waals surface area contributed by atoms with E-state index in [-0.39, 0.29) is 12.3 Å². The van der Waals surface area contributed by atoms with E-state index < -0.39 is 0 Å². The van der Waals surface area contributed by atoms with Gasteiger partial charge in [0.15, 0.2) is 5.58 Å². The number of hydrogen-bond acceptors (Lipinski definition) is 7. The maximum Gasteiger partial charge on any atom is 0.232 e. The smallest absolute Gasteiger partial charge is 0.232 e. The van der Waals surface area contributed by atoms with Crippen LogP contribution < -0.4 is 5.32 Å². The standard InChI is InChI=1S/C15H16N4O3S/c1-8-4-9(2)14-10(5-8)11(19-22-14)6-12(20)16-15-18-17-13(23-15)7-21-3/h4-5H,6-7H2,1-3H3,(H,16,18,20). The molecule has 0 aliphatic heterocycles. The summed E-state index contributed by atoms with van der Waals surface area (Å²) < 4.78 is 10.3. The Morgan fingerprint density at radius 2 is 2.17 bits per heavy atom. The molecule has 0 aliphatic carbocycles. The summed E-state index contributed by atoms with van der Waals surface area (Å²) in [5, 5.41) is 16.6. The number of aryl methyl sites for hydroxylation is 2. The first-order chi connectivity index (χ1) is 11.1. The maximum atomic E-state index is 12.2. The molecule has 0 radical (unpaired) electrons.